The van der Waals surface area contributed by atoms with Crippen LogP contribution in [-0.2, 0) is 9.59 Å². The number of halogens is 3. The van der Waals surface area contributed by atoms with Crippen molar-refractivity contribution >= 4 is 23.6 Å². The Labute approximate surface area is 159 Å². The van der Waals surface area contributed by atoms with E-state index < -0.39 is 12.1 Å². The summed E-state index contributed by atoms with van der Waals surface area (Å²) in [6, 6.07) is 5.73. The Morgan fingerprint density at radius 2 is 2.07 bits per heavy atom. The number of thioether (sulfide) groups is 1. The maximum atomic E-state index is 11.8. The summed E-state index contributed by atoms with van der Waals surface area (Å²) in [5, 5.41) is 7.12. The van der Waals surface area contributed by atoms with Gasteiger partial charge in [-0.3, -0.25) is 4.79 Å². The van der Waals surface area contributed by atoms with Crippen molar-refractivity contribution in [1.82, 2.24) is 9.88 Å². The Hall–Kier alpha value is -1.97. The van der Waals surface area contributed by atoms with Gasteiger partial charge in [-0.05, 0) is 12.5 Å². The molecule has 150 valence electrons. The zero-order valence-corrected chi connectivity index (χ0v) is 15.6. The minimum absolute atomic E-state index is 0.221. The van der Waals surface area contributed by atoms with Crippen LogP contribution in [0.1, 0.15) is 26.2 Å². The fourth-order valence-electron chi connectivity index (χ4n) is 2.88. The Bertz CT molecular complexity index is 651. The highest BCUT2D eigenvalue weighted by Gasteiger charge is 2.51. The van der Waals surface area contributed by atoms with Crippen LogP contribution in [0.4, 0.5) is 13.2 Å². The maximum Gasteiger partial charge on any atom is 0.490 e. The van der Waals surface area contributed by atoms with Gasteiger partial charge in [-0.25, -0.2) is 9.78 Å². The van der Waals surface area contributed by atoms with E-state index in [-0.39, 0.29) is 10.9 Å². The molecule has 2 saturated heterocycles. The molecule has 1 aromatic rings. The molecule has 0 aliphatic carbocycles. The van der Waals surface area contributed by atoms with Crippen molar-refractivity contribution in [3.05, 3.63) is 24.4 Å². The number of alkyl halides is 3. The Morgan fingerprint density at radius 1 is 1.41 bits per heavy atom. The van der Waals surface area contributed by atoms with Crippen LogP contribution >= 0.6 is 11.8 Å². The lowest BCUT2D eigenvalue weighted by atomic mass is 9.92. The van der Waals surface area contributed by atoms with Gasteiger partial charge in [-0.15, -0.1) is 11.8 Å². The number of ether oxygens (including phenoxy) is 1. The first-order chi connectivity index (χ1) is 12.6. The Morgan fingerprint density at radius 3 is 2.59 bits per heavy atom. The normalized spacial score (nSPS) is 20.4. The van der Waals surface area contributed by atoms with Crippen molar-refractivity contribution in [1.29, 1.82) is 0 Å². The third-order valence-electron chi connectivity index (χ3n) is 4.12. The number of aliphatic carboxylic acids is 1. The third-order valence-corrected chi connectivity index (χ3v) is 5.69. The lowest BCUT2D eigenvalue weighted by Crippen LogP contribution is -2.60. The van der Waals surface area contributed by atoms with E-state index in [4.69, 9.17) is 14.6 Å². The van der Waals surface area contributed by atoms with Gasteiger partial charge in [0.1, 0.15) is 6.10 Å². The van der Waals surface area contributed by atoms with Crippen LogP contribution in [0.2, 0.25) is 0 Å². The molecule has 6 nitrogen and oxygen atoms in total. The molecule has 0 aromatic carbocycles. The molecule has 2 aliphatic rings. The molecule has 0 radical (unpaired) electrons. The van der Waals surface area contributed by atoms with Crippen LogP contribution in [0, 0.1) is 0 Å². The van der Waals surface area contributed by atoms with Gasteiger partial charge in [0.2, 0.25) is 11.8 Å². The van der Waals surface area contributed by atoms with Crippen LogP contribution in [0.5, 0.6) is 5.88 Å². The number of carboxylic acids is 1. The van der Waals surface area contributed by atoms with E-state index in [0.717, 1.165) is 31.7 Å². The van der Waals surface area contributed by atoms with Gasteiger partial charge in [0.05, 0.1) is 4.75 Å². The number of likely N-dealkylation sites (tertiary alicyclic amines) is 1. The van der Waals surface area contributed by atoms with Crippen molar-refractivity contribution < 1.29 is 32.6 Å². The van der Waals surface area contributed by atoms with Gasteiger partial charge < -0.3 is 14.7 Å². The molecule has 1 amide bonds. The second kappa shape index (κ2) is 8.81. The average molecular weight is 406 g/mol. The van der Waals surface area contributed by atoms with E-state index in [0.29, 0.717) is 18.2 Å². The first kappa shape index (κ1) is 21.3. The minimum atomic E-state index is -5.08. The molecule has 2 fully saturated rings. The molecule has 0 bridgehead atoms. The van der Waals surface area contributed by atoms with E-state index >= 15 is 0 Å². The van der Waals surface area contributed by atoms with Crippen LogP contribution < -0.4 is 4.74 Å². The standard InChI is InChI=1S/C15H20N2O2S.C2HF3O2/c1-2-5-14(18)17-10-15(11-17)8-12(9-20-15)19-13-6-3-4-7-16-13;3-2(4,5)1(6)7/h3-4,6-7,12H,2,5,8-11H2,1H3;(H,6,7). The van der Waals surface area contributed by atoms with Gasteiger partial charge in [-0.1, -0.05) is 13.0 Å². The number of nitrogens with zero attached hydrogens (tertiary/aromatic N) is 2. The molecule has 3 rings (SSSR count). The molecule has 1 aromatic heterocycles. The molecule has 27 heavy (non-hydrogen) atoms. The van der Waals surface area contributed by atoms with Gasteiger partial charge in [0.15, 0.2) is 0 Å². The summed E-state index contributed by atoms with van der Waals surface area (Å²) in [7, 11) is 0. The van der Waals surface area contributed by atoms with E-state index in [9.17, 15) is 18.0 Å². The van der Waals surface area contributed by atoms with Crippen LogP contribution in [-0.4, -0.2) is 62.7 Å². The van der Waals surface area contributed by atoms with E-state index in [2.05, 4.69) is 11.9 Å². The number of carboxylic acid groups (broad SMARTS) is 1. The number of aromatic nitrogens is 1. The summed E-state index contributed by atoms with van der Waals surface area (Å²) in [5.41, 5.74) is 0. The largest absolute Gasteiger partial charge is 0.490 e. The van der Waals surface area contributed by atoms with Crippen molar-refractivity contribution in [2.24, 2.45) is 0 Å². The lowest BCUT2D eigenvalue weighted by molar-refractivity contribution is -0.192. The first-order valence-corrected chi connectivity index (χ1v) is 9.43. The van der Waals surface area contributed by atoms with Crippen molar-refractivity contribution in [3.63, 3.8) is 0 Å². The number of carbonyl (C=O) groups is 2. The average Bonchev–Trinajstić information content (AvgIpc) is 2.98. The van der Waals surface area contributed by atoms with Gasteiger partial charge in [0, 0.05) is 43.9 Å². The predicted octanol–water partition coefficient (Wildman–Crippen LogP) is 2.98. The molecule has 2 aliphatic heterocycles. The number of hydrogen-bond donors (Lipinski definition) is 1. The number of amides is 1. The first-order valence-electron chi connectivity index (χ1n) is 8.45. The van der Waals surface area contributed by atoms with Crippen molar-refractivity contribution in [2.45, 2.75) is 43.2 Å². The highest BCUT2D eigenvalue weighted by Crippen LogP contribution is 2.46. The Balaban J connectivity index is 0.000000321. The maximum absolute atomic E-state index is 11.8. The number of carbonyl (C=O) groups excluding carboxylic acids is 1. The summed E-state index contributed by atoms with van der Waals surface area (Å²) in [5.74, 6) is -0.763. The van der Waals surface area contributed by atoms with Crippen LogP contribution in [0.15, 0.2) is 24.4 Å². The van der Waals surface area contributed by atoms with E-state index in [1.165, 1.54) is 0 Å². The van der Waals surface area contributed by atoms with Crippen molar-refractivity contribution in [2.75, 3.05) is 18.8 Å². The molecule has 1 atom stereocenters. The molecule has 10 heteroatoms. The monoisotopic (exact) mass is 406 g/mol. The highest BCUT2D eigenvalue weighted by atomic mass is 32.2. The van der Waals surface area contributed by atoms with Gasteiger partial charge >= 0.3 is 12.1 Å². The molecular formula is C17H21F3N2O4S. The summed E-state index contributed by atoms with van der Waals surface area (Å²) < 4.78 is 37.9. The second-order valence-corrected chi connectivity index (χ2v) is 7.90. The molecule has 1 unspecified atom stereocenters. The molecule has 3 heterocycles. The molecule has 1 spiro atoms. The smallest absolute Gasteiger partial charge is 0.475 e. The van der Waals surface area contributed by atoms with E-state index in [1.807, 2.05) is 34.9 Å². The van der Waals surface area contributed by atoms with E-state index in [1.54, 1.807) is 6.20 Å². The number of hydrogen-bond acceptors (Lipinski definition) is 5. The lowest BCUT2D eigenvalue weighted by Gasteiger charge is -2.47. The fourth-order valence-corrected chi connectivity index (χ4v) is 4.41. The highest BCUT2D eigenvalue weighted by molar-refractivity contribution is 8.01. The van der Waals surface area contributed by atoms with Crippen LogP contribution in [0.25, 0.3) is 0 Å². The summed E-state index contributed by atoms with van der Waals surface area (Å²) in [6.45, 7) is 3.83. The molecule has 1 N–H and O–H groups in total. The number of rotatable bonds is 4. The molecular weight excluding hydrogens is 385 g/mol. The Kier molecular flexibility index (Phi) is 6.96. The predicted molar refractivity (Wildman–Crippen MR) is 93.6 cm³/mol. The summed E-state index contributed by atoms with van der Waals surface area (Å²) >= 11 is 1.95. The summed E-state index contributed by atoms with van der Waals surface area (Å²) in [6.07, 6.45) is -0.486. The number of pyridine rings is 1. The van der Waals surface area contributed by atoms with Crippen molar-refractivity contribution in [3.8, 4) is 5.88 Å². The topological polar surface area (TPSA) is 79.7 Å². The fraction of sp³-hybridized carbons (Fsp3) is 0.588. The minimum Gasteiger partial charge on any atom is -0.475 e. The van der Waals surface area contributed by atoms with Gasteiger partial charge in [-0.2, -0.15) is 13.2 Å². The quantitative estimate of drug-likeness (QED) is 0.828. The zero-order chi connectivity index (χ0) is 20.1. The SMILES string of the molecule is CCCC(=O)N1CC2(CC(Oc3ccccn3)CS2)C1.O=C(O)C(F)(F)F. The van der Waals surface area contributed by atoms with Crippen LogP contribution in [0.3, 0.4) is 0 Å². The summed E-state index contributed by atoms with van der Waals surface area (Å²) in [4.78, 5) is 26.9. The zero-order valence-electron chi connectivity index (χ0n) is 14.7. The second-order valence-electron chi connectivity index (χ2n) is 6.41. The third kappa shape index (κ3) is 6.02. The molecule has 0 saturated carbocycles. The van der Waals surface area contributed by atoms with Gasteiger partial charge in [0.25, 0.3) is 0 Å².